The average molecular weight is 229 g/mol. The molecule has 0 radical (unpaired) electrons. The molecule has 0 aliphatic heterocycles. The van der Waals surface area contributed by atoms with Crippen LogP contribution in [0.4, 0.5) is 4.39 Å². The lowest BCUT2D eigenvalue weighted by atomic mass is 10.1. The molecule has 1 atom stereocenters. The number of aliphatic hydroxyl groups is 1. The molecule has 1 aromatic carbocycles. The van der Waals surface area contributed by atoms with Crippen molar-refractivity contribution >= 4 is 0 Å². The van der Waals surface area contributed by atoms with Crippen LogP contribution >= 0.6 is 0 Å². The number of hydrogen-bond donors (Lipinski definition) is 2. The van der Waals surface area contributed by atoms with Crippen molar-refractivity contribution in [3.63, 3.8) is 0 Å². The van der Waals surface area contributed by atoms with Crippen molar-refractivity contribution < 1.29 is 19.0 Å². The maximum absolute atomic E-state index is 13.3. The molecule has 4 nitrogen and oxygen atoms in total. The van der Waals surface area contributed by atoms with E-state index < -0.39 is 11.9 Å². The minimum atomic E-state index is -0.843. The summed E-state index contributed by atoms with van der Waals surface area (Å²) in [6.45, 7) is 0.308. The molecule has 16 heavy (non-hydrogen) atoms. The summed E-state index contributed by atoms with van der Waals surface area (Å²) < 4.78 is 23.4. The molecule has 0 fully saturated rings. The zero-order valence-electron chi connectivity index (χ0n) is 9.58. The van der Waals surface area contributed by atoms with E-state index in [1.807, 2.05) is 0 Å². The fourth-order valence-electron chi connectivity index (χ4n) is 1.51. The van der Waals surface area contributed by atoms with Gasteiger partial charge < -0.3 is 19.9 Å². The van der Waals surface area contributed by atoms with Crippen LogP contribution in [0.15, 0.2) is 12.1 Å². The van der Waals surface area contributed by atoms with Crippen LogP contribution in [-0.4, -0.2) is 32.9 Å². The third-order valence-electron chi connectivity index (χ3n) is 2.23. The second kappa shape index (κ2) is 5.67. The Morgan fingerprint density at radius 2 is 2.06 bits per heavy atom. The van der Waals surface area contributed by atoms with Gasteiger partial charge in [0.15, 0.2) is 11.5 Å². The Bertz CT molecular complexity index is 357. The van der Waals surface area contributed by atoms with E-state index in [1.54, 1.807) is 7.05 Å². The summed E-state index contributed by atoms with van der Waals surface area (Å²) in [6, 6.07) is 2.46. The molecule has 0 heterocycles. The third-order valence-corrected chi connectivity index (χ3v) is 2.23. The monoisotopic (exact) mass is 229 g/mol. The molecular weight excluding hydrogens is 213 g/mol. The molecule has 90 valence electrons. The number of benzene rings is 1. The maximum Gasteiger partial charge on any atom is 0.166 e. The summed E-state index contributed by atoms with van der Waals surface area (Å²) in [7, 11) is 4.57. The van der Waals surface area contributed by atoms with Gasteiger partial charge in [-0.3, -0.25) is 0 Å². The van der Waals surface area contributed by atoms with Crippen LogP contribution in [0.5, 0.6) is 11.5 Å². The van der Waals surface area contributed by atoms with Gasteiger partial charge in [-0.2, -0.15) is 0 Å². The molecule has 0 saturated heterocycles. The van der Waals surface area contributed by atoms with Crippen LogP contribution in [0.2, 0.25) is 0 Å². The summed E-state index contributed by atoms with van der Waals surface area (Å²) in [5.74, 6) is 0.155. The van der Waals surface area contributed by atoms with Gasteiger partial charge in [0.1, 0.15) is 5.82 Å². The first-order valence-electron chi connectivity index (χ1n) is 4.88. The Morgan fingerprint density at radius 3 is 2.56 bits per heavy atom. The van der Waals surface area contributed by atoms with E-state index in [-0.39, 0.29) is 5.75 Å². The molecule has 0 spiro atoms. The molecule has 0 aliphatic rings. The van der Waals surface area contributed by atoms with E-state index >= 15 is 0 Å². The Labute approximate surface area is 94.0 Å². The lowest BCUT2D eigenvalue weighted by Gasteiger charge is -2.17. The fraction of sp³-hybridized carbons (Fsp3) is 0.455. The van der Waals surface area contributed by atoms with E-state index in [1.165, 1.54) is 26.4 Å². The van der Waals surface area contributed by atoms with Gasteiger partial charge in [0.25, 0.3) is 0 Å². The van der Waals surface area contributed by atoms with E-state index in [9.17, 15) is 9.50 Å². The van der Waals surface area contributed by atoms with Crippen molar-refractivity contribution in [2.45, 2.75) is 6.10 Å². The van der Waals surface area contributed by atoms with Crippen molar-refractivity contribution in [3.05, 3.63) is 23.5 Å². The minimum absolute atomic E-state index is 0.271. The van der Waals surface area contributed by atoms with Gasteiger partial charge in [-0.05, 0) is 13.1 Å². The summed E-state index contributed by atoms with van der Waals surface area (Å²) in [5.41, 5.74) is 0.369. The highest BCUT2D eigenvalue weighted by Gasteiger charge is 2.18. The maximum atomic E-state index is 13.3. The van der Waals surface area contributed by atoms with Crippen LogP contribution in [0, 0.1) is 5.82 Å². The minimum Gasteiger partial charge on any atom is -0.493 e. The largest absolute Gasteiger partial charge is 0.493 e. The van der Waals surface area contributed by atoms with Gasteiger partial charge in [0.05, 0.1) is 20.3 Å². The van der Waals surface area contributed by atoms with Crippen molar-refractivity contribution in [3.8, 4) is 11.5 Å². The Kier molecular flexibility index (Phi) is 4.52. The highest BCUT2D eigenvalue weighted by atomic mass is 19.1. The van der Waals surface area contributed by atoms with Crippen molar-refractivity contribution in [2.24, 2.45) is 0 Å². The molecule has 0 amide bonds. The van der Waals surface area contributed by atoms with Gasteiger partial charge in [-0.25, -0.2) is 4.39 Å². The summed E-state index contributed by atoms with van der Waals surface area (Å²) in [6.07, 6.45) is -0.843. The second-order valence-electron chi connectivity index (χ2n) is 3.30. The Hall–Kier alpha value is -1.33. The molecular formula is C11H16FNO3. The normalized spacial score (nSPS) is 12.3. The van der Waals surface area contributed by atoms with E-state index in [4.69, 9.17) is 9.47 Å². The average Bonchev–Trinajstić information content (AvgIpc) is 2.28. The van der Waals surface area contributed by atoms with Gasteiger partial charge in [-0.1, -0.05) is 0 Å². The molecule has 1 rings (SSSR count). The number of ether oxygens (including phenoxy) is 2. The van der Waals surface area contributed by atoms with E-state index in [0.717, 1.165) is 0 Å². The zero-order chi connectivity index (χ0) is 12.1. The van der Waals surface area contributed by atoms with Crippen LogP contribution < -0.4 is 14.8 Å². The Morgan fingerprint density at radius 1 is 1.38 bits per heavy atom. The molecule has 0 bridgehead atoms. The molecule has 2 N–H and O–H groups in total. The smallest absolute Gasteiger partial charge is 0.166 e. The molecule has 1 aromatic rings. The standard InChI is InChI=1S/C11H16FNO3/c1-13-6-9(14)8-4-7(12)5-10(15-2)11(8)16-3/h4-5,9,13-14H,6H2,1-3H3. The summed E-state index contributed by atoms with van der Waals surface area (Å²) >= 11 is 0. The third kappa shape index (κ3) is 2.62. The van der Waals surface area contributed by atoms with Crippen molar-refractivity contribution in [1.82, 2.24) is 5.32 Å². The van der Waals surface area contributed by atoms with Crippen LogP contribution in [-0.2, 0) is 0 Å². The molecule has 0 aromatic heterocycles. The second-order valence-corrected chi connectivity index (χ2v) is 3.30. The lowest BCUT2D eigenvalue weighted by Crippen LogP contribution is -2.17. The molecule has 1 unspecified atom stereocenters. The first-order chi connectivity index (χ1) is 7.63. The first kappa shape index (κ1) is 12.7. The van der Waals surface area contributed by atoms with Gasteiger partial charge >= 0.3 is 0 Å². The number of nitrogens with one attached hydrogen (secondary N) is 1. The number of methoxy groups -OCH3 is 2. The van der Waals surface area contributed by atoms with Gasteiger partial charge in [-0.15, -0.1) is 0 Å². The summed E-state index contributed by atoms with van der Waals surface area (Å²) in [5, 5.41) is 12.6. The van der Waals surface area contributed by atoms with Gasteiger partial charge in [0.2, 0.25) is 0 Å². The number of rotatable bonds is 5. The zero-order valence-corrected chi connectivity index (χ0v) is 9.58. The van der Waals surface area contributed by atoms with Gasteiger partial charge in [0, 0.05) is 18.2 Å². The summed E-state index contributed by atoms with van der Waals surface area (Å²) in [4.78, 5) is 0. The quantitative estimate of drug-likeness (QED) is 0.793. The predicted octanol–water partition coefficient (Wildman–Crippen LogP) is 1.10. The number of halogens is 1. The van der Waals surface area contributed by atoms with Crippen molar-refractivity contribution in [2.75, 3.05) is 27.8 Å². The Balaban J connectivity index is 3.19. The van der Waals surface area contributed by atoms with Crippen LogP contribution in [0.3, 0.4) is 0 Å². The first-order valence-corrected chi connectivity index (χ1v) is 4.88. The topological polar surface area (TPSA) is 50.7 Å². The lowest BCUT2D eigenvalue weighted by molar-refractivity contribution is 0.172. The van der Waals surface area contributed by atoms with Crippen LogP contribution in [0.1, 0.15) is 11.7 Å². The number of aliphatic hydroxyl groups excluding tert-OH is 1. The van der Waals surface area contributed by atoms with E-state index in [0.29, 0.717) is 17.9 Å². The highest BCUT2D eigenvalue weighted by Crippen LogP contribution is 2.35. The molecule has 0 aliphatic carbocycles. The fourth-order valence-corrected chi connectivity index (χ4v) is 1.51. The van der Waals surface area contributed by atoms with E-state index in [2.05, 4.69) is 5.32 Å². The molecule has 5 heteroatoms. The SMILES string of the molecule is CNCC(O)c1cc(F)cc(OC)c1OC. The highest BCUT2D eigenvalue weighted by molar-refractivity contribution is 5.48. The predicted molar refractivity (Wildman–Crippen MR) is 58.4 cm³/mol. The molecule has 0 saturated carbocycles. The number of likely N-dealkylation sites (N-methyl/N-ethyl adjacent to an activating group) is 1. The number of hydrogen-bond acceptors (Lipinski definition) is 4. The van der Waals surface area contributed by atoms with Crippen LogP contribution in [0.25, 0.3) is 0 Å². The van der Waals surface area contributed by atoms with Crippen molar-refractivity contribution in [1.29, 1.82) is 0 Å².